The summed E-state index contributed by atoms with van der Waals surface area (Å²) in [5.74, 6) is 0.373. The van der Waals surface area contributed by atoms with Crippen LogP contribution in [0.3, 0.4) is 0 Å². The highest BCUT2D eigenvalue weighted by Gasteiger charge is 2.45. The normalized spacial score (nSPS) is 32.2. The number of fused-ring (bicyclic) bond motifs is 1. The minimum absolute atomic E-state index is 0.0685. The summed E-state index contributed by atoms with van der Waals surface area (Å²) in [6.45, 7) is 1.60. The second-order valence-corrected chi connectivity index (χ2v) is 4.72. The minimum Gasteiger partial charge on any atom is -0.385 e. The fraction of sp³-hybridized carbons (Fsp3) is 0.455. The Balaban J connectivity index is 2.09. The molecule has 3 heterocycles. The molecular formula is C11H14N4O3. The molecule has 0 aliphatic carbocycles. The summed E-state index contributed by atoms with van der Waals surface area (Å²) in [4.78, 5) is 8.02. The molecule has 1 saturated heterocycles. The average molecular weight is 250 g/mol. The zero-order chi connectivity index (χ0) is 12.9. The van der Waals surface area contributed by atoms with Crippen LogP contribution in [0, 0.1) is 0 Å². The number of aliphatic hydroxyl groups is 2. The Morgan fingerprint density at radius 1 is 1.56 bits per heavy atom. The first-order valence-electron chi connectivity index (χ1n) is 5.60. The van der Waals surface area contributed by atoms with Crippen LogP contribution in [0.4, 0.5) is 5.82 Å². The van der Waals surface area contributed by atoms with Crippen molar-refractivity contribution in [3.63, 3.8) is 0 Å². The zero-order valence-electron chi connectivity index (χ0n) is 9.82. The number of aromatic nitrogens is 3. The largest absolute Gasteiger partial charge is 0.385 e. The van der Waals surface area contributed by atoms with Crippen molar-refractivity contribution in [2.45, 2.75) is 24.9 Å². The van der Waals surface area contributed by atoms with E-state index in [0.29, 0.717) is 16.9 Å². The molecule has 3 atom stereocenters. The molecule has 0 radical (unpaired) electrons. The van der Waals surface area contributed by atoms with Gasteiger partial charge in [0.25, 0.3) is 0 Å². The van der Waals surface area contributed by atoms with E-state index in [1.807, 2.05) is 0 Å². The SMILES string of the molecule is CC1(O)COC(n2ccc3c(N)ncnc32)C1O. The van der Waals surface area contributed by atoms with Gasteiger partial charge in [0.1, 0.15) is 29.5 Å². The smallest absolute Gasteiger partial charge is 0.164 e. The molecule has 0 aromatic carbocycles. The molecule has 1 aliphatic rings. The first-order chi connectivity index (χ1) is 8.50. The summed E-state index contributed by atoms with van der Waals surface area (Å²) < 4.78 is 7.09. The summed E-state index contributed by atoms with van der Waals surface area (Å²) in [7, 11) is 0. The lowest BCUT2D eigenvalue weighted by molar-refractivity contribution is -0.0493. The van der Waals surface area contributed by atoms with Crippen LogP contribution in [0.25, 0.3) is 11.0 Å². The molecule has 7 heteroatoms. The third kappa shape index (κ3) is 1.48. The van der Waals surface area contributed by atoms with Crippen LogP contribution in [-0.4, -0.2) is 43.1 Å². The van der Waals surface area contributed by atoms with Crippen LogP contribution in [0.1, 0.15) is 13.2 Å². The van der Waals surface area contributed by atoms with Gasteiger partial charge in [0.15, 0.2) is 6.23 Å². The molecular weight excluding hydrogens is 236 g/mol. The monoisotopic (exact) mass is 250 g/mol. The molecule has 0 bridgehead atoms. The summed E-state index contributed by atoms with van der Waals surface area (Å²) >= 11 is 0. The summed E-state index contributed by atoms with van der Waals surface area (Å²) in [6.07, 6.45) is 1.37. The van der Waals surface area contributed by atoms with Gasteiger partial charge in [0.05, 0.1) is 12.0 Å². The van der Waals surface area contributed by atoms with Crippen molar-refractivity contribution in [1.82, 2.24) is 14.5 Å². The molecule has 3 rings (SSSR count). The van der Waals surface area contributed by atoms with Crippen molar-refractivity contribution in [2.75, 3.05) is 12.3 Å². The number of nitrogens with two attached hydrogens (primary N) is 1. The van der Waals surface area contributed by atoms with Gasteiger partial charge in [0.2, 0.25) is 0 Å². The second-order valence-electron chi connectivity index (χ2n) is 4.72. The number of rotatable bonds is 1. The lowest BCUT2D eigenvalue weighted by Crippen LogP contribution is -2.39. The third-order valence-electron chi connectivity index (χ3n) is 3.27. The van der Waals surface area contributed by atoms with E-state index in [4.69, 9.17) is 10.5 Å². The van der Waals surface area contributed by atoms with Crippen LogP contribution < -0.4 is 5.73 Å². The van der Waals surface area contributed by atoms with Crippen molar-refractivity contribution >= 4 is 16.9 Å². The Labute approximate surface area is 103 Å². The van der Waals surface area contributed by atoms with Gasteiger partial charge in [-0.15, -0.1) is 0 Å². The van der Waals surface area contributed by atoms with Crippen LogP contribution in [-0.2, 0) is 4.74 Å². The molecule has 1 aliphatic heterocycles. The molecule has 96 valence electrons. The molecule has 3 unspecified atom stereocenters. The minimum atomic E-state index is -1.26. The molecule has 7 nitrogen and oxygen atoms in total. The predicted molar refractivity (Wildman–Crippen MR) is 63.6 cm³/mol. The zero-order valence-corrected chi connectivity index (χ0v) is 9.82. The van der Waals surface area contributed by atoms with Gasteiger partial charge in [0, 0.05) is 6.20 Å². The van der Waals surface area contributed by atoms with Crippen LogP contribution >= 0.6 is 0 Å². The predicted octanol–water partition coefficient (Wildman–Crippen LogP) is -0.346. The van der Waals surface area contributed by atoms with E-state index in [0.717, 1.165) is 0 Å². The Bertz CT molecular complexity index is 595. The second kappa shape index (κ2) is 3.64. The van der Waals surface area contributed by atoms with Gasteiger partial charge in [-0.1, -0.05) is 0 Å². The van der Waals surface area contributed by atoms with E-state index >= 15 is 0 Å². The third-order valence-corrected chi connectivity index (χ3v) is 3.27. The Morgan fingerprint density at radius 2 is 2.33 bits per heavy atom. The molecule has 2 aromatic rings. The maximum atomic E-state index is 10.0. The van der Waals surface area contributed by atoms with Gasteiger partial charge in [-0.3, -0.25) is 0 Å². The van der Waals surface area contributed by atoms with Gasteiger partial charge in [-0.2, -0.15) is 0 Å². The lowest BCUT2D eigenvalue weighted by Gasteiger charge is -2.22. The molecule has 18 heavy (non-hydrogen) atoms. The maximum absolute atomic E-state index is 10.0. The van der Waals surface area contributed by atoms with Crippen molar-refractivity contribution in [2.24, 2.45) is 0 Å². The van der Waals surface area contributed by atoms with Crippen LogP contribution in [0.2, 0.25) is 0 Å². The number of nitrogens with zero attached hydrogens (tertiary/aromatic N) is 3. The number of anilines is 1. The first-order valence-corrected chi connectivity index (χ1v) is 5.60. The van der Waals surface area contributed by atoms with Gasteiger partial charge < -0.3 is 25.3 Å². The number of hydrogen-bond donors (Lipinski definition) is 3. The Hall–Kier alpha value is -1.70. The lowest BCUT2D eigenvalue weighted by atomic mass is 10.0. The van der Waals surface area contributed by atoms with Crippen LogP contribution in [0.15, 0.2) is 18.6 Å². The summed E-state index contributed by atoms with van der Waals surface area (Å²) in [5.41, 5.74) is 5.05. The van der Waals surface area contributed by atoms with E-state index < -0.39 is 17.9 Å². The molecule has 2 aromatic heterocycles. The van der Waals surface area contributed by atoms with E-state index in [9.17, 15) is 10.2 Å². The van der Waals surface area contributed by atoms with Gasteiger partial charge in [-0.05, 0) is 13.0 Å². The van der Waals surface area contributed by atoms with E-state index in [1.165, 1.54) is 13.3 Å². The highest BCUT2D eigenvalue weighted by molar-refractivity contribution is 5.86. The fourth-order valence-electron chi connectivity index (χ4n) is 2.17. The van der Waals surface area contributed by atoms with Gasteiger partial charge in [-0.25, -0.2) is 9.97 Å². The highest BCUT2D eigenvalue weighted by Crippen LogP contribution is 2.34. The molecule has 1 fully saturated rings. The van der Waals surface area contributed by atoms with Gasteiger partial charge >= 0.3 is 0 Å². The van der Waals surface area contributed by atoms with Crippen molar-refractivity contribution in [3.8, 4) is 0 Å². The number of aliphatic hydroxyl groups excluding tert-OH is 1. The molecule has 4 N–H and O–H groups in total. The van der Waals surface area contributed by atoms with Crippen molar-refractivity contribution in [3.05, 3.63) is 18.6 Å². The maximum Gasteiger partial charge on any atom is 0.164 e. The van der Waals surface area contributed by atoms with Crippen molar-refractivity contribution < 1.29 is 14.9 Å². The van der Waals surface area contributed by atoms with E-state index in [1.54, 1.807) is 16.8 Å². The summed E-state index contributed by atoms with van der Waals surface area (Å²) in [5, 5.41) is 20.7. The standard InChI is InChI=1S/C11H14N4O3/c1-11(17)4-18-10(7(11)16)15-3-2-6-8(12)13-5-14-9(6)15/h2-3,5,7,10,16-17H,4H2,1H3,(H2,12,13,14). The summed E-state index contributed by atoms with van der Waals surface area (Å²) in [6, 6.07) is 1.76. The first kappa shape index (κ1) is 11.4. The molecule has 0 spiro atoms. The number of ether oxygens (including phenoxy) is 1. The number of nitrogen functional groups attached to an aromatic ring is 1. The van der Waals surface area contributed by atoms with E-state index in [2.05, 4.69) is 9.97 Å². The molecule has 0 amide bonds. The topological polar surface area (TPSA) is 106 Å². The Kier molecular flexibility index (Phi) is 2.31. The average Bonchev–Trinajstić information content (AvgIpc) is 2.84. The van der Waals surface area contributed by atoms with E-state index in [-0.39, 0.29) is 6.61 Å². The quantitative estimate of drug-likeness (QED) is 0.639. The fourth-order valence-corrected chi connectivity index (χ4v) is 2.17. The Morgan fingerprint density at radius 3 is 3.00 bits per heavy atom. The molecule has 0 saturated carbocycles. The van der Waals surface area contributed by atoms with Crippen LogP contribution in [0.5, 0.6) is 0 Å². The van der Waals surface area contributed by atoms with Crippen molar-refractivity contribution in [1.29, 1.82) is 0 Å². The highest BCUT2D eigenvalue weighted by atomic mass is 16.5. The number of hydrogen-bond acceptors (Lipinski definition) is 6.